The number of aromatic nitrogens is 2. The number of carboxylic acid groups (broad SMARTS) is 1. The van der Waals surface area contributed by atoms with E-state index >= 15 is 0 Å². The standard InChI is InChI=1S/C12H19N3O2/c1-4-5-10(7-12(16)17)15-11-6-8(2)13-9(3)14-11/h6,10H,4-5,7H2,1-3H3,(H,16,17)(H,13,14,15). The summed E-state index contributed by atoms with van der Waals surface area (Å²) in [5.74, 6) is 0.603. The number of rotatable bonds is 6. The molecule has 1 heterocycles. The van der Waals surface area contributed by atoms with Gasteiger partial charge in [-0.2, -0.15) is 0 Å². The Labute approximate surface area is 101 Å². The lowest BCUT2D eigenvalue weighted by Crippen LogP contribution is -2.23. The third-order valence-electron chi connectivity index (χ3n) is 2.38. The Hall–Kier alpha value is -1.65. The molecule has 0 spiro atoms. The van der Waals surface area contributed by atoms with Gasteiger partial charge in [0, 0.05) is 17.8 Å². The van der Waals surface area contributed by atoms with Crippen molar-refractivity contribution in [3.8, 4) is 0 Å². The quantitative estimate of drug-likeness (QED) is 0.793. The van der Waals surface area contributed by atoms with Gasteiger partial charge < -0.3 is 10.4 Å². The Morgan fingerprint density at radius 3 is 2.71 bits per heavy atom. The van der Waals surface area contributed by atoms with E-state index in [0.717, 1.165) is 18.5 Å². The molecular weight excluding hydrogens is 218 g/mol. The van der Waals surface area contributed by atoms with Crippen molar-refractivity contribution in [2.45, 2.75) is 46.1 Å². The second-order valence-corrected chi connectivity index (χ2v) is 4.17. The number of aryl methyl sites for hydroxylation is 2. The Morgan fingerprint density at radius 1 is 1.47 bits per heavy atom. The minimum atomic E-state index is -0.793. The predicted molar refractivity (Wildman–Crippen MR) is 66.1 cm³/mol. The predicted octanol–water partition coefficient (Wildman–Crippen LogP) is 2.15. The fourth-order valence-corrected chi connectivity index (χ4v) is 1.78. The molecule has 0 saturated heterocycles. The monoisotopic (exact) mass is 237 g/mol. The summed E-state index contributed by atoms with van der Waals surface area (Å²) in [7, 11) is 0. The van der Waals surface area contributed by atoms with Crippen LogP contribution in [0.4, 0.5) is 5.82 Å². The molecule has 1 aromatic heterocycles. The smallest absolute Gasteiger partial charge is 0.305 e. The summed E-state index contributed by atoms with van der Waals surface area (Å²) < 4.78 is 0. The van der Waals surface area contributed by atoms with Gasteiger partial charge in [0.05, 0.1) is 6.42 Å². The molecule has 5 heteroatoms. The first-order valence-electron chi connectivity index (χ1n) is 5.82. The number of hydrogen-bond donors (Lipinski definition) is 2. The maximum Gasteiger partial charge on any atom is 0.305 e. The molecule has 0 aliphatic heterocycles. The number of nitrogens with one attached hydrogen (secondary N) is 1. The maximum absolute atomic E-state index is 10.7. The van der Waals surface area contributed by atoms with E-state index in [4.69, 9.17) is 5.11 Å². The van der Waals surface area contributed by atoms with E-state index in [1.165, 1.54) is 0 Å². The van der Waals surface area contributed by atoms with Crippen LogP contribution >= 0.6 is 0 Å². The molecule has 2 N–H and O–H groups in total. The highest BCUT2D eigenvalue weighted by Gasteiger charge is 2.13. The van der Waals surface area contributed by atoms with Gasteiger partial charge in [-0.1, -0.05) is 13.3 Å². The first-order valence-corrected chi connectivity index (χ1v) is 5.82. The molecule has 0 aliphatic rings. The van der Waals surface area contributed by atoms with Gasteiger partial charge in [0.25, 0.3) is 0 Å². The van der Waals surface area contributed by atoms with Crippen LogP contribution in [0, 0.1) is 13.8 Å². The number of carboxylic acids is 1. The van der Waals surface area contributed by atoms with Gasteiger partial charge in [-0.25, -0.2) is 9.97 Å². The lowest BCUT2D eigenvalue weighted by atomic mass is 10.1. The van der Waals surface area contributed by atoms with Crippen LogP contribution in [0.25, 0.3) is 0 Å². The summed E-state index contributed by atoms with van der Waals surface area (Å²) >= 11 is 0. The number of nitrogens with zero attached hydrogens (tertiary/aromatic N) is 2. The van der Waals surface area contributed by atoms with Gasteiger partial charge in [-0.05, 0) is 20.3 Å². The SMILES string of the molecule is CCCC(CC(=O)O)Nc1cc(C)nc(C)n1. The molecule has 1 atom stereocenters. The summed E-state index contributed by atoms with van der Waals surface area (Å²) in [6.07, 6.45) is 1.86. The average molecular weight is 237 g/mol. The summed E-state index contributed by atoms with van der Waals surface area (Å²) in [5, 5.41) is 12.0. The van der Waals surface area contributed by atoms with E-state index in [9.17, 15) is 4.79 Å². The van der Waals surface area contributed by atoms with Crippen LogP contribution in [0.5, 0.6) is 0 Å². The van der Waals surface area contributed by atoms with Crippen molar-refractivity contribution >= 4 is 11.8 Å². The second kappa shape index (κ2) is 6.18. The van der Waals surface area contributed by atoms with E-state index in [2.05, 4.69) is 15.3 Å². The van der Waals surface area contributed by atoms with Crippen LogP contribution in [0.3, 0.4) is 0 Å². The highest BCUT2D eigenvalue weighted by Crippen LogP contribution is 2.12. The van der Waals surface area contributed by atoms with Crippen LogP contribution in [-0.2, 0) is 4.79 Å². The highest BCUT2D eigenvalue weighted by atomic mass is 16.4. The molecule has 0 radical (unpaired) electrons. The summed E-state index contributed by atoms with van der Waals surface area (Å²) in [6, 6.07) is 1.75. The normalized spacial score (nSPS) is 12.2. The van der Waals surface area contributed by atoms with Crippen molar-refractivity contribution in [1.29, 1.82) is 0 Å². The minimum Gasteiger partial charge on any atom is -0.481 e. The van der Waals surface area contributed by atoms with Crippen molar-refractivity contribution in [3.05, 3.63) is 17.6 Å². The molecule has 0 fully saturated rings. The van der Waals surface area contributed by atoms with Gasteiger partial charge in [0.15, 0.2) is 0 Å². The van der Waals surface area contributed by atoms with E-state index in [0.29, 0.717) is 11.6 Å². The zero-order chi connectivity index (χ0) is 12.8. The molecule has 0 amide bonds. The van der Waals surface area contributed by atoms with Crippen LogP contribution in [0.2, 0.25) is 0 Å². The van der Waals surface area contributed by atoms with Gasteiger partial charge in [0.1, 0.15) is 11.6 Å². The average Bonchev–Trinajstić information content (AvgIpc) is 2.14. The Kier molecular flexibility index (Phi) is 4.87. The molecule has 17 heavy (non-hydrogen) atoms. The summed E-state index contributed by atoms with van der Waals surface area (Å²) in [6.45, 7) is 5.75. The van der Waals surface area contributed by atoms with Crippen molar-refractivity contribution in [1.82, 2.24) is 9.97 Å². The first-order chi connectivity index (χ1) is 8.01. The second-order valence-electron chi connectivity index (χ2n) is 4.17. The maximum atomic E-state index is 10.7. The van der Waals surface area contributed by atoms with E-state index in [1.54, 1.807) is 0 Å². The molecule has 94 valence electrons. The molecule has 5 nitrogen and oxygen atoms in total. The Morgan fingerprint density at radius 2 is 2.18 bits per heavy atom. The molecule has 1 rings (SSSR count). The summed E-state index contributed by atoms with van der Waals surface area (Å²) in [4.78, 5) is 19.2. The van der Waals surface area contributed by atoms with Crippen molar-refractivity contribution in [2.24, 2.45) is 0 Å². The zero-order valence-electron chi connectivity index (χ0n) is 10.5. The van der Waals surface area contributed by atoms with E-state index < -0.39 is 5.97 Å². The summed E-state index contributed by atoms with van der Waals surface area (Å²) in [5.41, 5.74) is 0.880. The molecule has 0 bridgehead atoms. The largest absolute Gasteiger partial charge is 0.481 e. The van der Waals surface area contributed by atoms with Gasteiger partial charge in [-0.15, -0.1) is 0 Å². The van der Waals surface area contributed by atoms with Gasteiger partial charge >= 0.3 is 5.97 Å². The number of carbonyl (C=O) groups is 1. The lowest BCUT2D eigenvalue weighted by molar-refractivity contribution is -0.137. The van der Waals surface area contributed by atoms with Crippen LogP contribution in [0.15, 0.2) is 6.07 Å². The van der Waals surface area contributed by atoms with Gasteiger partial charge in [0.2, 0.25) is 0 Å². The Balaban J connectivity index is 2.74. The molecule has 0 saturated carbocycles. The van der Waals surface area contributed by atoms with Crippen molar-refractivity contribution in [3.63, 3.8) is 0 Å². The number of anilines is 1. The molecule has 1 unspecified atom stereocenters. The van der Waals surface area contributed by atoms with E-state index in [1.807, 2.05) is 26.8 Å². The van der Waals surface area contributed by atoms with Gasteiger partial charge in [-0.3, -0.25) is 4.79 Å². The number of aliphatic carboxylic acids is 1. The van der Waals surface area contributed by atoms with Crippen molar-refractivity contribution < 1.29 is 9.90 Å². The topological polar surface area (TPSA) is 75.1 Å². The zero-order valence-corrected chi connectivity index (χ0v) is 10.5. The molecular formula is C12H19N3O2. The molecule has 1 aromatic rings. The molecule has 0 aliphatic carbocycles. The van der Waals surface area contributed by atoms with Crippen LogP contribution in [0.1, 0.15) is 37.7 Å². The fourth-order valence-electron chi connectivity index (χ4n) is 1.78. The number of hydrogen-bond acceptors (Lipinski definition) is 4. The third-order valence-corrected chi connectivity index (χ3v) is 2.38. The Bertz CT molecular complexity index is 373. The van der Waals surface area contributed by atoms with Crippen LogP contribution < -0.4 is 5.32 Å². The van der Waals surface area contributed by atoms with Crippen molar-refractivity contribution in [2.75, 3.05) is 5.32 Å². The first kappa shape index (κ1) is 13.4. The van der Waals surface area contributed by atoms with Crippen LogP contribution in [-0.4, -0.2) is 27.1 Å². The third kappa shape index (κ3) is 4.80. The minimum absolute atomic E-state index is 0.0776. The lowest BCUT2D eigenvalue weighted by Gasteiger charge is -2.17. The van der Waals surface area contributed by atoms with E-state index in [-0.39, 0.29) is 12.5 Å². The molecule has 0 aromatic carbocycles. The highest BCUT2D eigenvalue weighted by molar-refractivity contribution is 5.68. The fraction of sp³-hybridized carbons (Fsp3) is 0.583.